The van der Waals surface area contributed by atoms with Crippen LogP contribution in [0.5, 0.6) is 0 Å². The van der Waals surface area contributed by atoms with Gasteiger partial charge in [-0.25, -0.2) is 4.39 Å². The first-order valence-electron chi connectivity index (χ1n) is 5.43. The molecule has 0 saturated carbocycles. The molecule has 3 nitrogen and oxygen atoms in total. The zero-order chi connectivity index (χ0) is 12.7. The number of nitrogens with two attached hydrogens (primary N) is 1. The fraction of sp³-hybridized carbons (Fsp3) is 0.0769. The minimum Gasteiger partial charge on any atom is -0.396 e. The Labute approximate surface area is 107 Å². The number of hydrogen-bond acceptors (Lipinski definition) is 4. The van der Waals surface area contributed by atoms with Gasteiger partial charge in [-0.05, 0) is 47.9 Å². The molecule has 5 heteroatoms. The fourth-order valence-corrected chi connectivity index (χ4v) is 2.48. The van der Waals surface area contributed by atoms with E-state index >= 15 is 0 Å². The molecule has 0 saturated heterocycles. The van der Waals surface area contributed by atoms with Crippen molar-refractivity contribution < 1.29 is 4.39 Å². The van der Waals surface area contributed by atoms with E-state index in [0.717, 1.165) is 27.7 Å². The van der Waals surface area contributed by atoms with Crippen LogP contribution in [0.2, 0.25) is 0 Å². The number of anilines is 1. The van der Waals surface area contributed by atoms with Crippen LogP contribution in [-0.2, 0) is 0 Å². The summed E-state index contributed by atoms with van der Waals surface area (Å²) in [5.41, 5.74) is 10.1. The van der Waals surface area contributed by atoms with Crippen LogP contribution in [0.3, 0.4) is 0 Å². The Morgan fingerprint density at radius 2 is 1.89 bits per heavy atom. The maximum absolute atomic E-state index is 13.5. The van der Waals surface area contributed by atoms with Crippen LogP contribution in [0.4, 0.5) is 10.1 Å². The number of aryl methyl sites for hydroxylation is 1. The molecule has 1 aromatic heterocycles. The SMILES string of the molecule is Cc1cc(N)c(F)cc1-c1ccc2nsnc2c1. The van der Waals surface area contributed by atoms with Crippen LogP contribution in [0.25, 0.3) is 22.2 Å². The predicted molar refractivity (Wildman–Crippen MR) is 72.0 cm³/mol. The molecule has 2 N–H and O–H groups in total. The topological polar surface area (TPSA) is 51.8 Å². The molecule has 90 valence electrons. The van der Waals surface area contributed by atoms with Gasteiger partial charge < -0.3 is 5.73 Å². The van der Waals surface area contributed by atoms with Crippen LogP contribution in [0, 0.1) is 12.7 Å². The summed E-state index contributed by atoms with van der Waals surface area (Å²) < 4.78 is 21.9. The van der Waals surface area contributed by atoms with Crippen LogP contribution in [0.15, 0.2) is 30.3 Å². The zero-order valence-corrected chi connectivity index (χ0v) is 10.5. The number of rotatable bonds is 1. The van der Waals surface area contributed by atoms with Gasteiger partial charge in [0.1, 0.15) is 16.9 Å². The Morgan fingerprint density at radius 3 is 2.72 bits per heavy atom. The monoisotopic (exact) mass is 259 g/mol. The van der Waals surface area contributed by atoms with E-state index in [1.54, 1.807) is 6.07 Å². The predicted octanol–water partition coefficient (Wildman–Crippen LogP) is 3.39. The highest BCUT2D eigenvalue weighted by Crippen LogP contribution is 2.29. The molecule has 0 aliphatic heterocycles. The van der Waals surface area contributed by atoms with Gasteiger partial charge in [-0.1, -0.05) is 6.07 Å². The highest BCUT2D eigenvalue weighted by atomic mass is 32.1. The molecule has 0 aliphatic carbocycles. The highest BCUT2D eigenvalue weighted by molar-refractivity contribution is 7.00. The van der Waals surface area contributed by atoms with Crippen LogP contribution in [0.1, 0.15) is 5.56 Å². The zero-order valence-electron chi connectivity index (χ0n) is 9.64. The smallest absolute Gasteiger partial charge is 0.146 e. The number of aromatic nitrogens is 2. The molecule has 0 radical (unpaired) electrons. The first-order valence-corrected chi connectivity index (χ1v) is 6.16. The number of nitrogens with zero attached hydrogens (tertiary/aromatic N) is 2. The quantitative estimate of drug-likeness (QED) is 0.681. The number of benzene rings is 2. The molecule has 0 aliphatic rings. The maximum atomic E-state index is 13.5. The summed E-state index contributed by atoms with van der Waals surface area (Å²) in [6.45, 7) is 1.91. The molecule has 1 heterocycles. The average molecular weight is 259 g/mol. The molecule has 0 atom stereocenters. The third-order valence-corrected chi connectivity index (χ3v) is 3.47. The van der Waals surface area contributed by atoms with Crippen molar-refractivity contribution in [2.24, 2.45) is 0 Å². The molecule has 3 rings (SSSR count). The summed E-state index contributed by atoms with van der Waals surface area (Å²) in [5, 5.41) is 0. The Morgan fingerprint density at radius 1 is 1.11 bits per heavy atom. The van der Waals surface area contributed by atoms with E-state index in [1.807, 2.05) is 25.1 Å². The van der Waals surface area contributed by atoms with Crippen molar-refractivity contribution in [1.29, 1.82) is 0 Å². The Kier molecular flexibility index (Phi) is 2.48. The Hall–Kier alpha value is -2.01. The second-order valence-corrected chi connectivity index (χ2v) is 4.68. The summed E-state index contributed by atoms with van der Waals surface area (Å²) >= 11 is 1.17. The normalized spacial score (nSPS) is 11.0. The van der Waals surface area contributed by atoms with Crippen molar-refractivity contribution in [3.05, 3.63) is 41.7 Å². The van der Waals surface area contributed by atoms with Gasteiger partial charge in [-0.15, -0.1) is 0 Å². The van der Waals surface area contributed by atoms with Gasteiger partial charge in [-0.3, -0.25) is 0 Å². The summed E-state index contributed by atoms with van der Waals surface area (Å²) in [6.07, 6.45) is 0. The van der Waals surface area contributed by atoms with Gasteiger partial charge in [0, 0.05) is 0 Å². The summed E-state index contributed by atoms with van der Waals surface area (Å²) in [5.74, 6) is -0.396. The molecule has 0 bridgehead atoms. The van der Waals surface area contributed by atoms with Crippen molar-refractivity contribution in [1.82, 2.24) is 8.75 Å². The highest BCUT2D eigenvalue weighted by Gasteiger charge is 2.08. The second kappa shape index (κ2) is 4.03. The minimum atomic E-state index is -0.396. The molecule has 3 aromatic rings. The lowest BCUT2D eigenvalue weighted by Gasteiger charge is -2.08. The van der Waals surface area contributed by atoms with Crippen molar-refractivity contribution in [3.63, 3.8) is 0 Å². The van der Waals surface area contributed by atoms with Crippen molar-refractivity contribution >= 4 is 28.4 Å². The van der Waals surface area contributed by atoms with Gasteiger partial charge in [0.2, 0.25) is 0 Å². The van der Waals surface area contributed by atoms with Gasteiger partial charge in [0.15, 0.2) is 0 Å². The summed E-state index contributed by atoms with van der Waals surface area (Å²) in [7, 11) is 0. The van der Waals surface area contributed by atoms with E-state index in [9.17, 15) is 4.39 Å². The van der Waals surface area contributed by atoms with E-state index in [1.165, 1.54) is 17.8 Å². The number of fused-ring (bicyclic) bond motifs is 1. The number of halogens is 1. The average Bonchev–Trinajstić information content (AvgIpc) is 2.80. The molecule has 0 unspecified atom stereocenters. The van der Waals surface area contributed by atoms with Crippen molar-refractivity contribution in [2.45, 2.75) is 6.92 Å². The molecular formula is C13H10FN3S. The van der Waals surface area contributed by atoms with Crippen LogP contribution in [-0.4, -0.2) is 8.75 Å². The molecule has 2 aromatic carbocycles. The Balaban J connectivity index is 2.21. The summed E-state index contributed by atoms with van der Waals surface area (Å²) in [4.78, 5) is 0. The minimum absolute atomic E-state index is 0.174. The molecule has 18 heavy (non-hydrogen) atoms. The molecule has 0 amide bonds. The molecule has 0 fully saturated rings. The van der Waals surface area contributed by atoms with Crippen LogP contribution < -0.4 is 5.73 Å². The Bertz CT molecular complexity index is 736. The van der Waals surface area contributed by atoms with Gasteiger partial charge >= 0.3 is 0 Å². The van der Waals surface area contributed by atoms with Gasteiger partial charge in [-0.2, -0.15) is 8.75 Å². The van der Waals surface area contributed by atoms with Crippen molar-refractivity contribution in [3.8, 4) is 11.1 Å². The number of nitrogen functional groups attached to an aromatic ring is 1. The lowest BCUT2D eigenvalue weighted by Crippen LogP contribution is -1.93. The lowest BCUT2D eigenvalue weighted by atomic mass is 9.99. The van der Waals surface area contributed by atoms with E-state index in [0.29, 0.717) is 0 Å². The van der Waals surface area contributed by atoms with E-state index in [2.05, 4.69) is 8.75 Å². The first kappa shape index (κ1) is 11.1. The second-order valence-electron chi connectivity index (χ2n) is 4.16. The largest absolute Gasteiger partial charge is 0.396 e. The van der Waals surface area contributed by atoms with E-state index in [-0.39, 0.29) is 5.69 Å². The number of hydrogen-bond donors (Lipinski definition) is 1. The standard InChI is InChI=1S/C13H10FN3S/c1-7-4-11(15)10(14)6-9(7)8-2-3-12-13(5-8)17-18-16-12/h2-6H,15H2,1H3. The first-order chi connectivity index (χ1) is 8.65. The molecular weight excluding hydrogens is 249 g/mol. The lowest BCUT2D eigenvalue weighted by molar-refractivity contribution is 0.632. The van der Waals surface area contributed by atoms with Gasteiger partial charge in [0.05, 0.1) is 17.4 Å². The molecule has 0 spiro atoms. The van der Waals surface area contributed by atoms with Gasteiger partial charge in [0.25, 0.3) is 0 Å². The maximum Gasteiger partial charge on any atom is 0.146 e. The van der Waals surface area contributed by atoms with E-state index < -0.39 is 5.82 Å². The van der Waals surface area contributed by atoms with E-state index in [4.69, 9.17) is 5.73 Å². The third kappa shape index (κ3) is 1.73. The summed E-state index contributed by atoms with van der Waals surface area (Å²) in [6, 6.07) is 8.83. The third-order valence-electron chi connectivity index (χ3n) is 2.91. The van der Waals surface area contributed by atoms with Crippen LogP contribution >= 0.6 is 11.7 Å². The fourth-order valence-electron chi connectivity index (χ4n) is 1.96. The van der Waals surface area contributed by atoms with Crippen molar-refractivity contribution in [2.75, 3.05) is 5.73 Å².